The third kappa shape index (κ3) is 4.43. The first-order valence-electron chi connectivity index (χ1n) is 5.91. The van der Waals surface area contributed by atoms with Crippen molar-refractivity contribution in [2.75, 3.05) is 13.2 Å². The molecule has 0 aliphatic carbocycles. The van der Waals surface area contributed by atoms with Gasteiger partial charge in [-0.1, -0.05) is 13.8 Å². The van der Waals surface area contributed by atoms with Gasteiger partial charge in [0.25, 0.3) is 0 Å². The molecule has 5 nitrogen and oxygen atoms in total. The van der Waals surface area contributed by atoms with Crippen LogP contribution in [-0.2, 0) is 14.3 Å². The Bertz CT molecular complexity index is 303. The largest absolute Gasteiger partial charge is 0.466 e. The number of esters is 1. The predicted octanol–water partition coefficient (Wildman–Crippen LogP) is 1.39. The first-order valence-corrected chi connectivity index (χ1v) is 5.91. The lowest BCUT2D eigenvalue weighted by molar-refractivity contribution is -0.143. The summed E-state index contributed by atoms with van der Waals surface area (Å²) in [7, 11) is 0. The van der Waals surface area contributed by atoms with Gasteiger partial charge in [-0.05, 0) is 19.8 Å². The van der Waals surface area contributed by atoms with Crippen molar-refractivity contribution in [2.45, 2.75) is 40.0 Å². The van der Waals surface area contributed by atoms with E-state index in [9.17, 15) is 9.59 Å². The molecule has 1 N–H and O–H groups in total. The maximum absolute atomic E-state index is 11.8. The summed E-state index contributed by atoms with van der Waals surface area (Å²) in [6, 6.07) is 2.05. The molecule has 0 aromatic heterocycles. The monoisotopic (exact) mass is 240 g/mol. The van der Waals surface area contributed by atoms with Gasteiger partial charge >= 0.3 is 5.97 Å². The van der Waals surface area contributed by atoms with Crippen LogP contribution >= 0.6 is 0 Å². The lowest BCUT2D eigenvalue weighted by Gasteiger charge is -2.21. The van der Waals surface area contributed by atoms with Crippen molar-refractivity contribution in [1.82, 2.24) is 5.32 Å². The summed E-state index contributed by atoms with van der Waals surface area (Å²) in [6.45, 7) is 5.88. The molecule has 0 aromatic rings. The summed E-state index contributed by atoms with van der Waals surface area (Å²) in [5, 5.41) is 11.6. The van der Waals surface area contributed by atoms with Crippen LogP contribution in [0.15, 0.2) is 0 Å². The van der Waals surface area contributed by atoms with Gasteiger partial charge in [0, 0.05) is 6.54 Å². The van der Waals surface area contributed by atoms with Gasteiger partial charge in [0.2, 0.25) is 5.91 Å². The molecule has 0 aromatic carbocycles. The van der Waals surface area contributed by atoms with Crippen molar-refractivity contribution in [2.24, 2.45) is 5.41 Å². The number of carbonyl (C=O) groups excluding carboxylic acids is 2. The van der Waals surface area contributed by atoms with Crippen LogP contribution in [0.3, 0.4) is 0 Å². The molecule has 0 saturated carbocycles. The summed E-state index contributed by atoms with van der Waals surface area (Å²) in [5.74, 6) is -0.655. The fourth-order valence-electron chi connectivity index (χ4n) is 1.46. The lowest BCUT2D eigenvalue weighted by Crippen LogP contribution is -2.40. The molecule has 0 spiro atoms. The highest BCUT2D eigenvalue weighted by atomic mass is 16.5. The molecular weight excluding hydrogens is 220 g/mol. The Morgan fingerprint density at radius 3 is 2.29 bits per heavy atom. The van der Waals surface area contributed by atoms with Crippen LogP contribution in [0.2, 0.25) is 0 Å². The zero-order chi connectivity index (χ0) is 13.3. The quantitative estimate of drug-likeness (QED) is 0.682. The maximum Gasteiger partial charge on any atom is 0.307 e. The maximum atomic E-state index is 11.8. The minimum Gasteiger partial charge on any atom is -0.466 e. The van der Waals surface area contributed by atoms with Crippen molar-refractivity contribution in [3.05, 3.63) is 0 Å². The molecule has 0 saturated heterocycles. The average Bonchev–Trinajstić information content (AvgIpc) is 2.32. The average molecular weight is 240 g/mol. The standard InChI is InChI=1S/C12H20N2O3/c1-4-12(5-2,9-13)11(16)14-8-7-10(15)17-6-3/h4-8H2,1-3H3,(H,14,16). The summed E-state index contributed by atoms with van der Waals surface area (Å²) in [6.07, 6.45) is 1.06. The van der Waals surface area contributed by atoms with Gasteiger partial charge in [0.1, 0.15) is 5.41 Å². The molecule has 0 radical (unpaired) electrons. The van der Waals surface area contributed by atoms with E-state index in [0.717, 1.165) is 0 Å². The predicted molar refractivity (Wildman–Crippen MR) is 62.9 cm³/mol. The Labute approximate surface area is 102 Å². The molecule has 0 aliphatic rings. The molecule has 1 amide bonds. The van der Waals surface area contributed by atoms with Crippen molar-refractivity contribution >= 4 is 11.9 Å². The normalized spacial score (nSPS) is 10.5. The number of amides is 1. The van der Waals surface area contributed by atoms with E-state index in [1.165, 1.54) is 0 Å². The highest BCUT2D eigenvalue weighted by molar-refractivity contribution is 5.85. The fourth-order valence-corrected chi connectivity index (χ4v) is 1.46. The van der Waals surface area contributed by atoms with Crippen LogP contribution in [-0.4, -0.2) is 25.0 Å². The summed E-state index contributed by atoms with van der Waals surface area (Å²) in [4.78, 5) is 22.9. The van der Waals surface area contributed by atoms with E-state index in [4.69, 9.17) is 10.00 Å². The van der Waals surface area contributed by atoms with Gasteiger partial charge in [-0.15, -0.1) is 0 Å². The van der Waals surface area contributed by atoms with Gasteiger partial charge < -0.3 is 10.1 Å². The van der Waals surface area contributed by atoms with Crippen LogP contribution < -0.4 is 5.32 Å². The Morgan fingerprint density at radius 1 is 1.29 bits per heavy atom. The van der Waals surface area contributed by atoms with Gasteiger partial charge in [0.15, 0.2) is 0 Å². The Balaban J connectivity index is 4.18. The number of hydrogen-bond acceptors (Lipinski definition) is 4. The number of ether oxygens (including phenoxy) is 1. The number of rotatable bonds is 7. The molecule has 0 bridgehead atoms. The highest BCUT2D eigenvalue weighted by Crippen LogP contribution is 2.25. The second-order valence-corrected chi connectivity index (χ2v) is 3.71. The zero-order valence-corrected chi connectivity index (χ0v) is 10.7. The van der Waals surface area contributed by atoms with Crippen molar-refractivity contribution < 1.29 is 14.3 Å². The van der Waals surface area contributed by atoms with E-state index in [-0.39, 0.29) is 24.8 Å². The number of nitrogens with one attached hydrogen (secondary N) is 1. The first kappa shape index (κ1) is 15.4. The number of nitrogens with zero attached hydrogens (tertiary/aromatic N) is 1. The molecule has 0 rings (SSSR count). The van der Waals surface area contributed by atoms with E-state index >= 15 is 0 Å². The molecule has 0 atom stereocenters. The molecular formula is C12H20N2O3. The smallest absolute Gasteiger partial charge is 0.307 e. The summed E-state index contributed by atoms with van der Waals surface area (Å²) in [5.41, 5.74) is -0.978. The molecule has 0 unspecified atom stereocenters. The topological polar surface area (TPSA) is 79.2 Å². The SMILES string of the molecule is CCOC(=O)CCNC(=O)C(C#N)(CC)CC. The molecule has 96 valence electrons. The first-order chi connectivity index (χ1) is 8.06. The molecule has 0 aliphatic heterocycles. The minimum absolute atomic E-state index is 0.133. The highest BCUT2D eigenvalue weighted by Gasteiger charge is 2.34. The Morgan fingerprint density at radius 2 is 1.88 bits per heavy atom. The van der Waals surface area contributed by atoms with Crippen LogP contribution in [0, 0.1) is 16.7 Å². The Hall–Kier alpha value is -1.57. The van der Waals surface area contributed by atoms with Crippen LogP contribution in [0.1, 0.15) is 40.0 Å². The molecule has 5 heteroatoms. The zero-order valence-electron chi connectivity index (χ0n) is 10.7. The van der Waals surface area contributed by atoms with E-state index < -0.39 is 5.41 Å². The number of carbonyl (C=O) groups is 2. The Kier molecular flexibility index (Phi) is 6.95. The second kappa shape index (κ2) is 7.66. The van der Waals surface area contributed by atoms with E-state index in [0.29, 0.717) is 19.4 Å². The van der Waals surface area contributed by atoms with Crippen LogP contribution in [0.25, 0.3) is 0 Å². The number of nitriles is 1. The fraction of sp³-hybridized carbons (Fsp3) is 0.750. The third-order valence-corrected chi connectivity index (χ3v) is 2.78. The van der Waals surface area contributed by atoms with Crippen molar-refractivity contribution in [1.29, 1.82) is 5.26 Å². The van der Waals surface area contributed by atoms with Crippen molar-refractivity contribution in [3.63, 3.8) is 0 Å². The number of hydrogen-bond donors (Lipinski definition) is 1. The van der Waals surface area contributed by atoms with Crippen LogP contribution in [0.4, 0.5) is 0 Å². The lowest BCUT2D eigenvalue weighted by atomic mass is 9.83. The summed E-state index contributed by atoms with van der Waals surface area (Å²) >= 11 is 0. The van der Waals surface area contributed by atoms with E-state index in [2.05, 4.69) is 5.32 Å². The van der Waals surface area contributed by atoms with Gasteiger partial charge in [-0.3, -0.25) is 9.59 Å². The summed E-state index contributed by atoms with van der Waals surface area (Å²) < 4.78 is 4.73. The van der Waals surface area contributed by atoms with Gasteiger partial charge in [0.05, 0.1) is 19.1 Å². The second-order valence-electron chi connectivity index (χ2n) is 3.71. The minimum atomic E-state index is -0.978. The van der Waals surface area contributed by atoms with E-state index in [1.54, 1.807) is 20.8 Å². The van der Waals surface area contributed by atoms with Crippen LogP contribution in [0.5, 0.6) is 0 Å². The molecule has 0 fully saturated rings. The van der Waals surface area contributed by atoms with E-state index in [1.807, 2.05) is 6.07 Å². The molecule has 0 heterocycles. The molecule has 17 heavy (non-hydrogen) atoms. The van der Waals surface area contributed by atoms with Gasteiger partial charge in [-0.25, -0.2) is 0 Å². The van der Waals surface area contributed by atoms with Crippen molar-refractivity contribution in [3.8, 4) is 6.07 Å². The van der Waals surface area contributed by atoms with Gasteiger partial charge in [-0.2, -0.15) is 5.26 Å². The third-order valence-electron chi connectivity index (χ3n) is 2.78.